The first kappa shape index (κ1) is 104. The van der Waals surface area contributed by atoms with Crippen LogP contribution in [0.4, 0.5) is 17.6 Å². The van der Waals surface area contributed by atoms with Gasteiger partial charge < -0.3 is 114 Å². The zero-order chi connectivity index (χ0) is 98.1. The van der Waals surface area contributed by atoms with Gasteiger partial charge in [-0.25, -0.2) is 17.6 Å². The van der Waals surface area contributed by atoms with Crippen molar-refractivity contribution >= 4 is 123 Å². The fourth-order valence-electron chi connectivity index (χ4n) is 15.8. The second-order valence-electron chi connectivity index (χ2n) is 33.3. The highest BCUT2D eigenvalue weighted by atomic mass is 32.2. The van der Waals surface area contributed by atoms with Crippen LogP contribution in [0, 0.1) is 29.2 Å². The number of phenolic OH excluding ortho intramolecular Hbond substituents is 1. The molecule has 0 bridgehead atoms. The summed E-state index contributed by atoms with van der Waals surface area (Å²) in [5.41, 5.74) is 13.0. The summed E-state index contributed by atoms with van der Waals surface area (Å²) < 4.78 is 65.4. The van der Waals surface area contributed by atoms with Crippen LogP contribution in [0.3, 0.4) is 0 Å². The Kier molecular flexibility index (Phi) is 37.8. The number of morpholine rings is 1. The van der Waals surface area contributed by atoms with E-state index in [9.17, 15) is 67.6 Å². The molecular formula is C90H111F4N17O22S. The average molecular weight is 1890 g/mol. The molecule has 4 heterocycles. The third-order valence-electron chi connectivity index (χ3n) is 23.2. The number of halogens is 4. The molecule has 15 amide bonds. The van der Waals surface area contributed by atoms with Crippen molar-refractivity contribution in [2.75, 3.05) is 72.0 Å². The Morgan fingerprint density at radius 3 is 1.76 bits per heavy atom. The molecule has 3 aliphatic rings. The van der Waals surface area contributed by atoms with E-state index in [0.29, 0.717) is 52.3 Å². The summed E-state index contributed by atoms with van der Waals surface area (Å²) >= 11 is 0.579. The molecule has 3 fully saturated rings. The van der Waals surface area contributed by atoms with Crippen molar-refractivity contribution in [2.45, 2.75) is 182 Å². The number of nitrogens with one attached hydrogen (secondary N) is 10. The number of aromatic nitrogens is 1. The van der Waals surface area contributed by atoms with Gasteiger partial charge in [0.2, 0.25) is 88.6 Å². The van der Waals surface area contributed by atoms with Crippen molar-refractivity contribution in [2.24, 2.45) is 17.4 Å². The van der Waals surface area contributed by atoms with Gasteiger partial charge in [-0.15, -0.1) is 11.8 Å². The molecule has 0 radical (unpaired) electrons. The molecule has 1 unspecified atom stereocenters. The quantitative estimate of drug-likeness (QED) is 0.0270. The van der Waals surface area contributed by atoms with Gasteiger partial charge in [-0.05, 0) is 89.0 Å². The number of primary amides is 1. The fraction of sp³-hybridized carbons (Fsp3) is 0.456. The molecule has 722 valence electrons. The monoisotopic (exact) mass is 1890 g/mol. The maximum absolute atomic E-state index is 15.7. The third-order valence-corrected chi connectivity index (χ3v) is 24.2. The van der Waals surface area contributed by atoms with Crippen LogP contribution in [-0.4, -0.2) is 307 Å². The summed E-state index contributed by atoms with van der Waals surface area (Å²) in [6, 6.07) is 2.48. The summed E-state index contributed by atoms with van der Waals surface area (Å²) in [6.07, 6.45) is -5.35. The van der Waals surface area contributed by atoms with Crippen LogP contribution in [0.1, 0.15) is 93.5 Å². The maximum Gasteiger partial charge on any atom is 0.305 e. The largest absolute Gasteiger partial charge is 0.508 e. The standard InChI is InChI=1S/C90H111F4N17O22S/c1-7-8-18-67-89(131)111-43-55(113)38-69(111)84(126)103-63(39-75(118)119)81(123)106-77(47(2)3)90(132)108(5)68(35-48-14-10-9-11-15-48)83(125)100-60(27-28-74(116)117)87(129)110-29-30-133-44-71(110)85(127)102-62(37-52-41-97-59-17-13-12-16-56(52)59)80(122)101-61(33-49-21-25-54(112)26-22-49)79(121)104-65(40-95)82(124)105-66(78(120)98-42-72(96)114)45-134-46-73(115)99-64(34-51-31-57(92)76(94)58(93)32-51)86(128)109(6)70(88(130)107(67)4)36-50-19-23-53(91)24-20-50/h9-17,19-26,31-32,41,47,55,60-71,77,97,112-113H,7-8,18,27-30,33-40,42-46,95H2,1-6H3,(H2,96,114)(H,98,120)(H,99,115)(H,100,125)(H,101,122)(H,102,127)(H,103,126)(H,104,121)(H,105,124)(H,106,123)(H,116,117)(H,118,119)/t55-,60+,61+,62+,63+,64+,65+,66+,67+,68+,69-,70?,71-,77+/m1/s1. The molecular weight excluding hydrogens is 1780 g/mol. The first-order chi connectivity index (χ1) is 63.6. The first-order valence-electron chi connectivity index (χ1n) is 43.3. The number of ether oxygens (including phenoxy) is 1. The van der Waals surface area contributed by atoms with Crippen LogP contribution in [0.15, 0.2) is 121 Å². The van der Waals surface area contributed by atoms with Gasteiger partial charge in [-0.3, -0.25) is 81.5 Å². The lowest BCUT2D eigenvalue weighted by molar-refractivity contribution is -0.152. The molecule has 3 aliphatic heterocycles. The number of hydrogen-bond donors (Lipinski definition) is 16. The number of H-pyrrole nitrogens is 1. The molecule has 14 atom stereocenters. The molecule has 6 aromatic rings. The number of fused-ring (bicyclic) bond motifs is 3. The van der Waals surface area contributed by atoms with Crippen LogP contribution in [0.2, 0.25) is 0 Å². The first-order valence-corrected chi connectivity index (χ1v) is 44.4. The minimum Gasteiger partial charge on any atom is -0.508 e. The number of aliphatic hydroxyl groups is 1. The second kappa shape index (κ2) is 48.7. The number of likely N-dealkylation sites (N-methyl/N-ethyl adjacent to an activating group) is 3. The van der Waals surface area contributed by atoms with E-state index in [4.69, 9.17) is 16.2 Å². The van der Waals surface area contributed by atoms with E-state index in [-0.39, 0.29) is 49.2 Å². The maximum atomic E-state index is 15.7. The number of aromatic amines is 1. The molecule has 39 nitrogen and oxygen atoms in total. The van der Waals surface area contributed by atoms with Crippen LogP contribution in [0.25, 0.3) is 10.9 Å². The molecule has 18 N–H and O–H groups in total. The predicted molar refractivity (Wildman–Crippen MR) is 474 cm³/mol. The Hall–Kier alpha value is -13.6. The van der Waals surface area contributed by atoms with Crippen molar-refractivity contribution in [1.29, 1.82) is 0 Å². The smallest absolute Gasteiger partial charge is 0.305 e. The van der Waals surface area contributed by atoms with Crippen LogP contribution in [0.5, 0.6) is 5.75 Å². The highest BCUT2D eigenvalue weighted by Gasteiger charge is 2.48. The van der Waals surface area contributed by atoms with Gasteiger partial charge in [0.25, 0.3) is 0 Å². The summed E-state index contributed by atoms with van der Waals surface area (Å²) in [5, 5.41) is 65.1. The average Bonchev–Trinajstić information content (AvgIpc) is 1.69. The molecule has 134 heavy (non-hydrogen) atoms. The number of benzene rings is 5. The fourth-order valence-corrected chi connectivity index (χ4v) is 16.6. The number of carboxylic acids is 2. The zero-order valence-corrected chi connectivity index (χ0v) is 75.1. The number of unbranched alkanes of at least 4 members (excludes halogenated alkanes) is 1. The van der Waals surface area contributed by atoms with Gasteiger partial charge >= 0.3 is 11.9 Å². The number of hydrogen-bond acceptors (Lipinski definition) is 22. The van der Waals surface area contributed by atoms with Crippen LogP contribution in [-0.2, 0) is 118 Å². The number of phenols is 1. The van der Waals surface area contributed by atoms with Gasteiger partial charge in [0.1, 0.15) is 90.1 Å². The van der Waals surface area contributed by atoms with E-state index in [1.807, 2.05) is 0 Å². The van der Waals surface area contributed by atoms with Gasteiger partial charge in [0.15, 0.2) is 17.5 Å². The molecule has 0 spiro atoms. The Labute approximate surface area is 771 Å². The van der Waals surface area contributed by atoms with Gasteiger partial charge in [-0.2, -0.15) is 0 Å². The number of aromatic hydroxyl groups is 1. The number of carboxylic acid groups (broad SMARTS) is 2. The van der Waals surface area contributed by atoms with Crippen molar-refractivity contribution in [3.63, 3.8) is 0 Å². The number of amides is 15. The second-order valence-corrected chi connectivity index (χ2v) is 34.3. The van der Waals surface area contributed by atoms with Crippen molar-refractivity contribution in [3.8, 4) is 5.75 Å². The van der Waals surface area contributed by atoms with Gasteiger partial charge in [0, 0.05) is 109 Å². The number of aliphatic hydroxyl groups excluding tert-OH is 1. The van der Waals surface area contributed by atoms with E-state index in [2.05, 4.69) is 52.8 Å². The van der Waals surface area contributed by atoms with E-state index in [0.717, 1.165) is 50.7 Å². The predicted octanol–water partition coefficient (Wildman–Crippen LogP) is -1.02. The SMILES string of the molecule is CCCC[C@H]1C(=O)N2C[C@H](O)C[C@@H]2C(=O)N[C@@H](CC(=O)O)C(=O)N[C@@H](C(C)C)C(=O)N(C)[C@@H](Cc2ccccc2)C(=O)N[C@@H](CCC(=O)O)C(=O)N2CCOC[C@@H]2C(=O)N[C@@H](Cc2c[nH]c3ccccc23)C(=O)N[C@@H](Cc2ccc(O)cc2)C(=O)N[C@@H](CN)C(=O)N[C@H](C(=O)NCC(N)=O)CSCC(=O)N[C@@H](Cc2cc(F)c(F)c(F)c2)C(=O)N(C)C(Cc2ccc(F)cc2)C(=O)N1C. The molecule has 9 rings (SSSR count). The Bertz CT molecular complexity index is 5250. The number of carbonyl (C=O) groups excluding carboxylic acids is 15. The third kappa shape index (κ3) is 28.5. The summed E-state index contributed by atoms with van der Waals surface area (Å²) in [7, 11) is 3.41. The number of carbonyl (C=O) groups is 17. The Morgan fingerprint density at radius 2 is 1.12 bits per heavy atom. The number of para-hydroxylation sites is 1. The number of thioether (sulfide) groups is 1. The molecule has 44 heteroatoms. The summed E-state index contributed by atoms with van der Waals surface area (Å²) in [6.45, 7) is 1.24. The van der Waals surface area contributed by atoms with E-state index >= 15 is 51.9 Å². The molecule has 0 aliphatic carbocycles. The van der Waals surface area contributed by atoms with Gasteiger partial charge in [-0.1, -0.05) is 106 Å². The summed E-state index contributed by atoms with van der Waals surface area (Å²) in [5.74, 6) is -28.6. The highest BCUT2D eigenvalue weighted by Crippen LogP contribution is 2.28. The lowest BCUT2D eigenvalue weighted by atomic mass is 9.98. The number of nitrogens with two attached hydrogens (primary N) is 2. The van der Waals surface area contributed by atoms with E-state index < -0.39 is 309 Å². The normalized spacial score (nSPS) is 24.1. The zero-order valence-electron chi connectivity index (χ0n) is 74.3. The van der Waals surface area contributed by atoms with Crippen molar-refractivity contribution in [1.82, 2.24) is 77.3 Å². The molecule has 5 aromatic carbocycles. The van der Waals surface area contributed by atoms with Crippen molar-refractivity contribution < 1.29 is 124 Å². The highest BCUT2D eigenvalue weighted by molar-refractivity contribution is 8.00. The number of rotatable bonds is 23. The minimum absolute atomic E-state index is 0.168. The number of nitrogens with zero attached hydrogens (tertiary/aromatic N) is 5. The number of aliphatic carboxylic acids is 2. The Morgan fingerprint density at radius 1 is 0.560 bits per heavy atom. The minimum atomic E-state index is -2.09. The van der Waals surface area contributed by atoms with E-state index in [1.165, 1.54) is 57.3 Å². The lowest BCUT2D eigenvalue weighted by Crippen LogP contribution is -2.64. The van der Waals surface area contributed by atoms with Crippen LogP contribution >= 0.6 is 11.8 Å². The lowest BCUT2D eigenvalue weighted by Gasteiger charge is -2.38. The molecule has 1 aromatic heterocycles. The molecule has 0 saturated carbocycles. The van der Waals surface area contributed by atoms with Crippen molar-refractivity contribution in [3.05, 3.63) is 173 Å². The molecule has 3 saturated heterocycles. The van der Waals surface area contributed by atoms with Gasteiger partial charge in [0.05, 0.1) is 38.0 Å². The topological polar surface area (TPSA) is 573 Å². The summed E-state index contributed by atoms with van der Waals surface area (Å²) in [4.78, 5) is 256. The van der Waals surface area contributed by atoms with Crippen LogP contribution < -0.4 is 59.3 Å². The van der Waals surface area contributed by atoms with E-state index in [1.54, 1.807) is 67.7 Å². The Balaban J connectivity index is 1.14.